The lowest BCUT2D eigenvalue weighted by Crippen LogP contribution is -2.44. The van der Waals surface area contributed by atoms with Crippen molar-refractivity contribution in [3.63, 3.8) is 0 Å². The molecule has 5 rings (SSSR count). The SMILES string of the molecule is C=CC(=O)Nc1cc(-c2c(-c3ccc(N4CCN(C)CC4)cc3)[nH]c3ncc(/C(C=NCC)=C/N)cc23)cc(F)c1C. The minimum Gasteiger partial charge on any atom is -0.404 e. The third kappa shape index (κ3) is 5.82. The van der Waals surface area contributed by atoms with Crippen LogP contribution < -0.4 is 16.0 Å². The van der Waals surface area contributed by atoms with Crippen molar-refractivity contribution in [3.05, 3.63) is 84.5 Å². The highest BCUT2D eigenvalue weighted by Crippen LogP contribution is 2.41. The van der Waals surface area contributed by atoms with Gasteiger partial charge in [0.2, 0.25) is 5.91 Å². The Morgan fingerprint density at radius 3 is 2.57 bits per heavy atom. The fourth-order valence-corrected chi connectivity index (χ4v) is 5.19. The van der Waals surface area contributed by atoms with Crippen molar-refractivity contribution in [2.75, 3.05) is 50.0 Å². The number of aliphatic imine (C=N–C) groups is 1. The second-order valence-electron chi connectivity index (χ2n) is 10.4. The van der Waals surface area contributed by atoms with E-state index in [4.69, 9.17) is 10.7 Å². The number of aromatic amines is 1. The molecule has 42 heavy (non-hydrogen) atoms. The van der Waals surface area contributed by atoms with Gasteiger partial charge in [0.05, 0.1) is 5.69 Å². The Bertz CT molecular complexity index is 1680. The second-order valence-corrected chi connectivity index (χ2v) is 10.4. The van der Waals surface area contributed by atoms with Crippen LogP contribution in [0.5, 0.6) is 0 Å². The van der Waals surface area contributed by atoms with E-state index in [2.05, 4.69) is 63.0 Å². The van der Waals surface area contributed by atoms with E-state index in [-0.39, 0.29) is 0 Å². The molecule has 0 bridgehead atoms. The first-order chi connectivity index (χ1) is 20.3. The number of rotatable bonds is 8. The standard InChI is InChI=1S/C33H36FN7O/c1-5-30(42)38-29-17-23(16-28(34)21(29)3)31-27-15-24(25(18-35)19-36-6-2)20-37-33(27)39-32(31)22-7-9-26(10-8-22)41-13-11-40(4)12-14-41/h5,7-10,15-20H,1,6,11-14,35H2,2-4H3,(H,37,39)(H,38,42)/b25-18+,36-19?. The van der Waals surface area contributed by atoms with Gasteiger partial charge >= 0.3 is 0 Å². The van der Waals surface area contributed by atoms with Crippen molar-refractivity contribution in [1.29, 1.82) is 0 Å². The molecule has 0 unspecified atom stereocenters. The van der Waals surface area contributed by atoms with Gasteiger partial charge in [-0.05, 0) is 68.4 Å². The zero-order chi connectivity index (χ0) is 29.8. The zero-order valence-corrected chi connectivity index (χ0v) is 24.2. The van der Waals surface area contributed by atoms with Crippen molar-refractivity contribution in [2.45, 2.75) is 13.8 Å². The van der Waals surface area contributed by atoms with Gasteiger partial charge in [0.25, 0.3) is 0 Å². The van der Waals surface area contributed by atoms with Crippen LogP contribution in [0.3, 0.4) is 0 Å². The number of allylic oxidation sites excluding steroid dienone is 1. The number of nitrogens with one attached hydrogen (secondary N) is 2. The maximum atomic E-state index is 15.4. The van der Waals surface area contributed by atoms with E-state index in [9.17, 15) is 4.79 Å². The van der Waals surface area contributed by atoms with Crippen LogP contribution in [0.15, 0.2) is 72.5 Å². The number of nitrogens with zero attached hydrogens (tertiary/aromatic N) is 4. The number of carbonyl (C=O) groups is 1. The third-order valence-corrected chi connectivity index (χ3v) is 7.68. The number of hydrogen-bond acceptors (Lipinski definition) is 6. The summed E-state index contributed by atoms with van der Waals surface area (Å²) in [6.07, 6.45) is 6.13. The highest BCUT2D eigenvalue weighted by Gasteiger charge is 2.21. The molecule has 1 aliphatic heterocycles. The van der Waals surface area contributed by atoms with Gasteiger partial charge in [0, 0.05) is 90.4 Å². The number of halogens is 1. The van der Waals surface area contributed by atoms with Crippen LogP contribution >= 0.6 is 0 Å². The third-order valence-electron chi connectivity index (χ3n) is 7.68. The molecule has 2 aromatic carbocycles. The van der Waals surface area contributed by atoms with E-state index in [1.807, 2.05) is 13.0 Å². The van der Waals surface area contributed by atoms with E-state index in [0.29, 0.717) is 29.0 Å². The molecule has 0 spiro atoms. The van der Waals surface area contributed by atoms with E-state index < -0.39 is 11.7 Å². The molecule has 4 N–H and O–H groups in total. The second kappa shape index (κ2) is 12.4. The number of hydrogen-bond donors (Lipinski definition) is 3. The summed E-state index contributed by atoms with van der Waals surface area (Å²) < 4.78 is 15.4. The van der Waals surface area contributed by atoms with Gasteiger partial charge in [0.15, 0.2) is 0 Å². The maximum absolute atomic E-state index is 15.4. The molecule has 8 nitrogen and oxygen atoms in total. The molecule has 1 fully saturated rings. The van der Waals surface area contributed by atoms with Crippen LogP contribution in [-0.4, -0.2) is 66.8 Å². The zero-order valence-electron chi connectivity index (χ0n) is 24.2. The highest BCUT2D eigenvalue weighted by molar-refractivity contribution is 6.12. The fourth-order valence-electron chi connectivity index (χ4n) is 5.19. The molecular weight excluding hydrogens is 529 g/mol. The largest absolute Gasteiger partial charge is 0.404 e. The van der Waals surface area contributed by atoms with Crippen molar-refractivity contribution < 1.29 is 9.18 Å². The van der Waals surface area contributed by atoms with Crippen molar-refractivity contribution in [1.82, 2.24) is 14.9 Å². The lowest BCUT2D eigenvalue weighted by atomic mass is 9.95. The van der Waals surface area contributed by atoms with Crippen molar-refractivity contribution in [2.24, 2.45) is 10.7 Å². The van der Waals surface area contributed by atoms with Crippen molar-refractivity contribution >= 4 is 40.1 Å². The molecule has 4 aromatic rings. The van der Waals surface area contributed by atoms with Gasteiger partial charge in [-0.2, -0.15) is 0 Å². The Balaban J connectivity index is 1.68. The Kier molecular flexibility index (Phi) is 8.49. The number of carbonyl (C=O) groups excluding carboxylic acids is 1. The van der Waals surface area contributed by atoms with Crippen LogP contribution in [0, 0.1) is 12.7 Å². The quantitative estimate of drug-likeness (QED) is 0.190. The summed E-state index contributed by atoms with van der Waals surface area (Å²) in [6.45, 7) is 11.7. The number of piperazine rings is 1. The Labute approximate surface area is 245 Å². The monoisotopic (exact) mass is 565 g/mol. The smallest absolute Gasteiger partial charge is 0.247 e. The lowest BCUT2D eigenvalue weighted by molar-refractivity contribution is -0.111. The molecule has 0 aliphatic carbocycles. The highest BCUT2D eigenvalue weighted by atomic mass is 19.1. The van der Waals surface area contributed by atoms with E-state index in [1.165, 1.54) is 12.3 Å². The number of amides is 1. The summed E-state index contributed by atoms with van der Waals surface area (Å²) >= 11 is 0. The summed E-state index contributed by atoms with van der Waals surface area (Å²) in [6, 6.07) is 13.7. The fraction of sp³-hybridized carbons (Fsp3) is 0.242. The summed E-state index contributed by atoms with van der Waals surface area (Å²) in [7, 11) is 2.14. The number of benzene rings is 2. The summed E-state index contributed by atoms with van der Waals surface area (Å²) in [5.74, 6) is -0.843. The Morgan fingerprint density at radius 1 is 1.17 bits per heavy atom. The molecule has 1 aliphatic rings. The Morgan fingerprint density at radius 2 is 1.90 bits per heavy atom. The molecular formula is C33H36FN7O. The molecule has 216 valence electrons. The van der Waals surface area contributed by atoms with Crippen LogP contribution in [0.4, 0.5) is 15.8 Å². The summed E-state index contributed by atoms with van der Waals surface area (Å²) in [4.78, 5) is 29.4. The molecule has 0 saturated carbocycles. The van der Waals surface area contributed by atoms with E-state index >= 15 is 4.39 Å². The van der Waals surface area contributed by atoms with Gasteiger partial charge in [-0.25, -0.2) is 9.37 Å². The molecule has 0 radical (unpaired) electrons. The van der Waals surface area contributed by atoms with Gasteiger partial charge in [-0.3, -0.25) is 9.79 Å². The number of nitrogens with two attached hydrogens (primary N) is 1. The summed E-state index contributed by atoms with van der Waals surface area (Å²) in [5, 5.41) is 3.54. The van der Waals surface area contributed by atoms with Gasteiger partial charge in [0.1, 0.15) is 11.5 Å². The first kappa shape index (κ1) is 28.8. The van der Waals surface area contributed by atoms with Crippen molar-refractivity contribution in [3.8, 4) is 22.4 Å². The van der Waals surface area contributed by atoms with Gasteiger partial charge in [-0.15, -0.1) is 0 Å². The summed E-state index contributed by atoms with van der Waals surface area (Å²) in [5.41, 5.74) is 13.1. The van der Waals surface area contributed by atoms with Crippen LogP contribution in [0.25, 0.3) is 39.0 Å². The number of H-pyrrole nitrogens is 1. The maximum Gasteiger partial charge on any atom is 0.247 e. The van der Waals surface area contributed by atoms with E-state index in [1.54, 1.807) is 25.4 Å². The first-order valence-corrected chi connectivity index (χ1v) is 14.0. The average Bonchev–Trinajstić information content (AvgIpc) is 3.39. The predicted molar refractivity (Wildman–Crippen MR) is 171 cm³/mol. The number of likely N-dealkylation sites (N-methyl/N-ethyl adjacent to an activating group) is 1. The number of pyridine rings is 1. The normalized spacial score (nSPS) is 14.6. The minimum atomic E-state index is -0.431. The average molecular weight is 566 g/mol. The number of fused-ring (bicyclic) bond motifs is 1. The molecule has 0 atom stereocenters. The molecule has 1 saturated heterocycles. The van der Waals surface area contributed by atoms with Gasteiger partial charge < -0.3 is 25.8 Å². The molecule has 9 heteroatoms. The van der Waals surface area contributed by atoms with Crippen LogP contribution in [-0.2, 0) is 4.79 Å². The van der Waals surface area contributed by atoms with Gasteiger partial charge in [-0.1, -0.05) is 18.7 Å². The van der Waals surface area contributed by atoms with E-state index in [0.717, 1.165) is 71.3 Å². The lowest BCUT2D eigenvalue weighted by Gasteiger charge is -2.34. The topological polar surface area (TPSA) is 103 Å². The number of aromatic nitrogens is 2. The first-order valence-electron chi connectivity index (χ1n) is 14.0. The molecule has 1 amide bonds. The Hall–Kier alpha value is -4.76. The van der Waals surface area contributed by atoms with Crippen LogP contribution in [0.2, 0.25) is 0 Å². The predicted octanol–water partition coefficient (Wildman–Crippen LogP) is 5.61. The number of anilines is 2. The van der Waals surface area contributed by atoms with Crippen LogP contribution in [0.1, 0.15) is 18.1 Å². The minimum absolute atomic E-state index is 0.342. The molecule has 2 aromatic heterocycles. The molecule has 3 heterocycles.